The molecule has 2 aromatic carbocycles. The normalized spacial score (nSPS) is 12.8. The lowest BCUT2D eigenvalue weighted by molar-refractivity contribution is -0.174. The highest BCUT2D eigenvalue weighted by Gasteiger charge is 2.53. The molecule has 0 unspecified atom stereocenters. The van der Waals surface area contributed by atoms with Gasteiger partial charge in [0.2, 0.25) is 0 Å². The Labute approximate surface area is 175 Å². The number of rotatable bonds is 8. The van der Waals surface area contributed by atoms with Crippen molar-refractivity contribution in [3.8, 4) is 5.75 Å². The summed E-state index contributed by atoms with van der Waals surface area (Å²) in [4.78, 5) is 12.8. The van der Waals surface area contributed by atoms with Crippen molar-refractivity contribution in [2.45, 2.75) is 48.5 Å². The molecular weight excluding hydrogens is 364 g/mol. The van der Waals surface area contributed by atoms with E-state index in [2.05, 4.69) is 53.7 Å². The Kier molecular flexibility index (Phi) is 7.34. The fourth-order valence-electron chi connectivity index (χ4n) is 3.65. The molecule has 0 aliphatic carbocycles. The number of carbonyl (C=O) groups is 1. The molecule has 160 valence electrons. The fraction of sp³-hybridized carbons (Fsp3) is 0.560. The molecule has 0 heterocycles. The van der Waals surface area contributed by atoms with E-state index in [-0.39, 0.29) is 23.4 Å². The molecule has 0 atom stereocenters. The predicted octanol–water partition coefficient (Wildman–Crippen LogP) is 5.88. The molecule has 0 amide bonds. The highest BCUT2D eigenvalue weighted by molar-refractivity contribution is 5.83. The largest absolute Gasteiger partial charge is 0.491 e. The summed E-state index contributed by atoms with van der Waals surface area (Å²) in [5.41, 5.74) is -1.02. The van der Waals surface area contributed by atoms with Crippen molar-refractivity contribution in [1.82, 2.24) is 0 Å². The molecule has 0 N–H and O–H groups in total. The van der Waals surface area contributed by atoms with E-state index in [1.165, 1.54) is 5.39 Å². The smallest absolute Gasteiger partial charge is 0.312 e. The van der Waals surface area contributed by atoms with E-state index in [1.807, 2.05) is 37.3 Å². The second-order valence-corrected chi connectivity index (χ2v) is 9.73. The van der Waals surface area contributed by atoms with Gasteiger partial charge in [-0.05, 0) is 40.7 Å². The number of fused-ring (bicyclic) bond motifs is 1. The van der Waals surface area contributed by atoms with Gasteiger partial charge in [-0.25, -0.2) is 0 Å². The van der Waals surface area contributed by atoms with Gasteiger partial charge in [0.05, 0.1) is 18.6 Å². The molecule has 2 rings (SSSR count). The third-order valence-corrected chi connectivity index (χ3v) is 6.09. The highest BCUT2D eigenvalue weighted by Crippen LogP contribution is 2.52. The van der Waals surface area contributed by atoms with Gasteiger partial charge >= 0.3 is 5.97 Å². The SMILES string of the molecule is CC(C)(C)C(C)(C(=O)OCCOCCOc1ccc2ccccc2c1)C(C)(C)C. The molecule has 0 spiro atoms. The van der Waals surface area contributed by atoms with Crippen LogP contribution in [0.5, 0.6) is 5.75 Å². The Morgan fingerprint density at radius 2 is 1.34 bits per heavy atom. The van der Waals surface area contributed by atoms with Gasteiger partial charge in [0.1, 0.15) is 19.0 Å². The standard InChI is InChI=1S/C25H36O4/c1-23(2,3)25(7,24(4,5)6)22(26)29-17-15-27-14-16-28-21-13-12-19-10-8-9-11-20(19)18-21/h8-13,18H,14-17H2,1-7H3. The van der Waals surface area contributed by atoms with E-state index < -0.39 is 5.41 Å². The molecule has 0 bridgehead atoms. The van der Waals surface area contributed by atoms with Crippen LogP contribution >= 0.6 is 0 Å². The number of hydrogen-bond donors (Lipinski definition) is 0. The zero-order chi connectivity index (χ0) is 21.7. The van der Waals surface area contributed by atoms with Crippen LogP contribution in [0, 0.1) is 16.2 Å². The van der Waals surface area contributed by atoms with Crippen molar-refractivity contribution in [2.75, 3.05) is 26.4 Å². The lowest BCUT2D eigenvalue weighted by Crippen LogP contribution is -2.51. The maximum atomic E-state index is 12.8. The minimum atomic E-state index is -0.598. The summed E-state index contributed by atoms with van der Waals surface area (Å²) < 4.78 is 16.9. The Morgan fingerprint density at radius 1 is 0.759 bits per heavy atom. The molecule has 4 heteroatoms. The van der Waals surface area contributed by atoms with E-state index in [0.717, 1.165) is 11.1 Å². The zero-order valence-electron chi connectivity index (χ0n) is 19.0. The second kappa shape index (κ2) is 9.17. The minimum Gasteiger partial charge on any atom is -0.491 e. The van der Waals surface area contributed by atoms with Gasteiger partial charge < -0.3 is 14.2 Å². The lowest BCUT2D eigenvalue weighted by atomic mass is 9.55. The van der Waals surface area contributed by atoms with E-state index in [4.69, 9.17) is 14.2 Å². The molecule has 0 aromatic heterocycles. The van der Waals surface area contributed by atoms with Crippen LogP contribution in [-0.2, 0) is 14.3 Å². The van der Waals surface area contributed by atoms with Crippen LogP contribution in [-0.4, -0.2) is 32.4 Å². The fourth-order valence-corrected chi connectivity index (χ4v) is 3.65. The van der Waals surface area contributed by atoms with Gasteiger partial charge in [0, 0.05) is 0 Å². The monoisotopic (exact) mass is 400 g/mol. The third kappa shape index (κ3) is 5.51. The van der Waals surface area contributed by atoms with E-state index in [1.54, 1.807) is 0 Å². The minimum absolute atomic E-state index is 0.173. The average Bonchev–Trinajstić information content (AvgIpc) is 2.64. The Hall–Kier alpha value is -2.07. The van der Waals surface area contributed by atoms with Crippen LogP contribution < -0.4 is 4.74 Å². The van der Waals surface area contributed by atoms with Crippen LogP contribution in [0.15, 0.2) is 42.5 Å². The summed E-state index contributed by atoms with van der Waals surface area (Å²) in [5, 5.41) is 2.34. The second-order valence-electron chi connectivity index (χ2n) is 9.73. The van der Waals surface area contributed by atoms with Crippen LogP contribution in [0.25, 0.3) is 10.8 Å². The molecule has 4 nitrogen and oxygen atoms in total. The molecule has 0 aliphatic rings. The first kappa shape index (κ1) is 23.2. The number of esters is 1. The molecule has 2 aromatic rings. The van der Waals surface area contributed by atoms with Crippen molar-refractivity contribution >= 4 is 16.7 Å². The van der Waals surface area contributed by atoms with Crippen molar-refractivity contribution in [3.05, 3.63) is 42.5 Å². The van der Waals surface area contributed by atoms with Crippen LogP contribution in [0.4, 0.5) is 0 Å². The van der Waals surface area contributed by atoms with Crippen molar-refractivity contribution in [3.63, 3.8) is 0 Å². The van der Waals surface area contributed by atoms with E-state index in [0.29, 0.717) is 19.8 Å². The zero-order valence-corrected chi connectivity index (χ0v) is 19.0. The number of ether oxygens (including phenoxy) is 3. The van der Waals surface area contributed by atoms with Gasteiger partial charge in [-0.2, -0.15) is 0 Å². The topological polar surface area (TPSA) is 44.8 Å². The molecule has 0 saturated heterocycles. The Bertz CT molecular complexity index is 797. The lowest BCUT2D eigenvalue weighted by Gasteiger charge is -2.48. The quantitative estimate of drug-likeness (QED) is 0.410. The van der Waals surface area contributed by atoms with Crippen molar-refractivity contribution in [1.29, 1.82) is 0 Å². The summed E-state index contributed by atoms with van der Waals surface area (Å²) >= 11 is 0. The molecular formula is C25H36O4. The molecule has 0 radical (unpaired) electrons. The Morgan fingerprint density at radius 3 is 1.97 bits per heavy atom. The van der Waals surface area contributed by atoms with Gasteiger partial charge in [-0.1, -0.05) is 71.9 Å². The van der Waals surface area contributed by atoms with Gasteiger partial charge in [-0.15, -0.1) is 0 Å². The van der Waals surface area contributed by atoms with Crippen LogP contribution in [0.1, 0.15) is 48.5 Å². The predicted molar refractivity (Wildman–Crippen MR) is 118 cm³/mol. The average molecular weight is 401 g/mol. The van der Waals surface area contributed by atoms with Crippen molar-refractivity contribution < 1.29 is 19.0 Å². The third-order valence-electron chi connectivity index (χ3n) is 6.09. The first-order valence-corrected chi connectivity index (χ1v) is 10.3. The molecule has 0 saturated carbocycles. The van der Waals surface area contributed by atoms with Crippen LogP contribution in [0.3, 0.4) is 0 Å². The van der Waals surface area contributed by atoms with Gasteiger partial charge in [-0.3, -0.25) is 4.79 Å². The first-order valence-electron chi connectivity index (χ1n) is 10.3. The summed E-state index contributed by atoms with van der Waals surface area (Å²) in [5.74, 6) is 0.651. The summed E-state index contributed by atoms with van der Waals surface area (Å²) in [6, 6.07) is 14.2. The maximum absolute atomic E-state index is 12.8. The summed E-state index contributed by atoms with van der Waals surface area (Å²) in [7, 11) is 0. The Balaban J connectivity index is 1.73. The van der Waals surface area contributed by atoms with Crippen molar-refractivity contribution in [2.24, 2.45) is 16.2 Å². The number of carbonyl (C=O) groups excluding carboxylic acids is 1. The first-order chi connectivity index (χ1) is 13.5. The molecule has 0 fully saturated rings. The van der Waals surface area contributed by atoms with Crippen LogP contribution in [0.2, 0.25) is 0 Å². The number of benzene rings is 2. The van der Waals surface area contributed by atoms with Gasteiger partial charge in [0.15, 0.2) is 0 Å². The molecule has 29 heavy (non-hydrogen) atoms. The summed E-state index contributed by atoms with van der Waals surface area (Å²) in [6.45, 7) is 16.0. The van der Waals surface area contributed by atoms with E-state index in [9.17, 15) is 4.79 Å². The summed E-state index contributed by atoms with van der Waals surface area (Å²) in [6.07, 6.45) is 0. The maximum Gasteiger partial charge on any atom is 0.312 e. The number of hydrogen-bond acceptors (Lipinski definition) is 4. The molecule has 0 aliphatic heterocycles. The highest BCUT2D eigenvalue weighted by atomic mass is 16.6. The van der Waals surface area contributed by atoms with E-state index >= 15 is 0 Å². The van der Waals surface area contributed by atoms with Gasteiger partial charge in [0.25, 0.3) is 0 Å².